The minimum absolute atomic E-state index is 0.0200. The molecular formula is C15H20N2O. The van der Waals surface area contributed by atoms with Crippen LogP contribution in [0.1, 0.15) is 5.56 Å². The van der Waals surface area contributed by atoms with Gasteiger partial charge in [-0.2, -0.15) is 0 Å². The number of hydrogen-bond acceptors (Lipinski definition) is 2. The van der Waals surface area contributed by atoms with Crippen molar-refractivity contribution in [2.24, 2.45) is 5.92 Å². The van der Waals surface area contributed by atoms with Crippen molar-refractivity contribution < 1.29 is 4.79 Å². The zero-order valence-electron chi connectivity index (χ0n) is 11.1. The molecule has 1 amide bonds. The molecule has 2 rings (SSSR count). The molecule has 0 aromatic heterocycles. The number of anilines is 1. The van der Waals surface area contributed by atoms with Crippen LogP contribution in [0, 0.1) is 12.8 Å². The first-order chi connectivity index (χ1) is 8.60. The van der Waals surface area contributed by atoms with Crippen molar-refractivity contribution in [3.05, 3.63) is 42.5 Å². The molecule has 1 saturated heterocycles. The zero-order chi connectivity index (χ0) is 13.1. The summed E-state index contributed by atoms with van der Waals surface area (Å²) in [5.74, 6) is 0.550. The number of nitrogens with zero attached hydrogens (tertiary/aromatic N) is 2. The molecule has 1 heterocycles. The SMILES string of the molecule is C=CC(=O)N(CC1CN(C)C1)c1ccc(C)cc1. The quantitative estimate of drug-likeness (QED) is 0.757. The maximum Gasteiger partial charge on any atom is 0.250 e. The summed E-state index contributed by atoms with van der Waals surface area (Å²) in [4.78, 5) is 16.0. The zero-order valence-corrected chi connectivity index (χ0v) is 11.1. The topological polar surface area (TPSA) is 23.6 Å². The van der Waals surface area contributed by atoms with Crippen LogP contribution in [0.4, 0.5) is 5.69 Å². The van der Waals surface area contributed by atoms with Gasteiger partial charge in [0.25, 0.3) is 0 Å². The van der Waals surface area contributed by atoms with E-state index in [1.807, 2.05) is 36.1 Å². The third-order valence-electron chi connectivity index (χ3n) is 3.37. The molecule has 0 atom stereocenters. The molecule has 0 saturated carbocycles. The van der Waals surface area contributed by atoms with Gasteiger partial charge < -0.3 is 9.80 Å². The fraction of sp³-hybridized carbons (Fsp3) is 0.400. The third kappa shape index (κ3) is 2.79. The molecule has 0 radical (unpaired) electrons. The van der Waals surface area contributed by atoms with Gasteiger partial charge in [0.2, 0.25) is 5.91 Å². The van der Waals surface area contributed by atoms with Crippen LogP contribution in [0.3, 0.4) is 0 Å². The second kappa shape index (κ2) is 5.36. The second-order valence-electron chi connectivity index (χ2n) is 5.08. The number of carbonyl (C=O) groups excluding carboxylic acids is 1. The smallest absolute Gasteiger partial charge is 0.250 e. The van der Waals surface area contributed by atoms with E-state index in [2.05, 4.69) is 18.5 Å². The first-order valence-corrected chi connectivity index (χ1v) is 6.29. The molecule has 1 aliphatic heterocycles. The summed E-state index contributed by atoms with van der Waals surface area (Å²) in [6, 6.07) is 8.06. The normalized spacial score (nSPS) is 16.1. The van der Waals surface area contributed by atoms with E-state index in [-0.39, 0.29) is 5.91 Å². The maximum atomic E-state index is 11.9. The summed E-state index contributed by atoms with van der Waals surface area (Å²) >= 11 is 0. The Bertz CT molecular complexity index is 432. The average molecular weight is 244 g/mol. The van der Waals surface area contributed by atoms with Crippen LogP contribution in [0.2, 0.25) is 0 Å². The van der Waals surface area contributed by atoms with E-state index in [4.69, 9.17) is 0 Å². The lowest BCUT2D eigenvalue weighted by molar-refractivity contribution is -0.114. The molecule has 1 aromatic carbocycles. The highest BCUT2D eigenvalue weighted by molar-refractivity contribution is 6.01. The number of likely N-dealkylation sites (tertiary alicyclic amines) is 1. The van der Waals surface area contributed by atoms with Crippen LogP contribution < -0.4 is 4.90 Å². The van der Waals surface area contributed by atoms with Crippen molar-refractivity contribution in [1.82, 2.24) is 4.90 Å². The highest BCUT2D eigenvalue weighted by Crippen LogP contribution is 2.21. The lowest BCUT2D eigenvalue weighted by atomic mass is 10.00. The summed E-state index contributed by atoms with van der Waals surface area (Å²) in [5, 5.41) is 0. The molecule has 3 heteroatoms. The minimum atomic E-state index is -0.0200. The molecular weight excluding hydrogens is 224 g/mol. The average Bonchev–Trinajstić information content (AvgIpc) is 2.34. The monoisotopic (exact) mass is 244 g/mol. The van der Waals surface area contributed by atoms with Crippen molar-refractivity contribution in [3.8, 4) is 0 Å². The Morgan fingerprint density at radius 1 is 1.44 bits per heavy atom. The number of hydrogen-bond donors (Lipinski definition) is 0. The second-order valence-corrected chi connectivity index (χ2v) is 5.08. The van der Waals surface area contributed by atoms with E-state index >= 15 is 0 Å². The summed E-state index contributed by atoms with van der Waals surface area (Å²) in [6.07, 6.45) is 1.39. The number of rotatable bonds is 4. The van der Waals surface area contributed by atoms with Gasteiger partial charge in [0.15, 0.2) is 0 Å². The van der Waals surface area contributed by atoms with E-state index in [1.54, 1.807) is 0 Å². The largest absolute Gasteiger partial charge is 0.309 e. The Kier molecular flexibility index (Phi) is 3.82. The van der Waals surface area contributed by atoms with E-state index in [1.165, 1.54) is 11.6 Å². The number of carbonyl (C=O) groups is 1. The van der Waals surface area contributed by atoms with Crippen LogP contribution in [0.5, 0.6) is 0 Å². The molecule has 1 fully saturated rings. The maximum absolute atomic E-state index is 11.9. The van der Waals surface area contributed by atoms with Gasteiger partial charge in [-0.05, 0) is 32.2 Å². The predicted octanol–water partition coefficient (Wildman–Crippen LogP) is 2.08. The minimum Gasteiger partial charge on any atom is -0.309 e. The summed E-state index contributed by atoms with van der Waals surface area (Å²) in [6.45, 7) is 8.54. The molecule has 0 bridgehead atoms. The summed E-state index contributed by atoms with van der Waals surface area (Å²) in [5.41, 5.74) is 2.16. The van der Waals surface area contributed by atoms with Gasteiger partial charge >= 0.3 is 0 Å². The van der Waals surface area contributed by atoms with Gasteiger partial charge in [-0.1, -0.05) is 24.3 Å². The fourth-order valence-corrected chi connectivity index (χ4v) is 2.36. The van der Waals surface area contributed by atoms with Crippen molar-refractivity contribution in [2.75, 3.05) is 31.6 Å². The van der Waals surface area contributed by atoms with Crippen LogP contribution in [-0.4, -0.2) is 37.5 Å². The highest BCUT2D eigenvalue weighted by Gasteiger charge is 2.27. The molecule has 1 aromatic rings. The van der Waals surface area contributed by atoms with Gasteiger partial charge in [0.05, 0.1) is 0 Å². The summed E-state index contributed by atoms with van der Waals surface area (Å²) < 4.78 is 0. The van der Waals surface area contributed by atoms with Crippen molar-refractivity contribution in [2.45, 2.75) is 6.92 Å². The Balaban J connectivity index is 2.11. The van der Waals surface area contributed by atoms with Crippen molar-refractivity contribution in [3.63, 3.8) is 0 Å². The van der Waals surface area contributed by atoms with Crippen LogP contribution in [0.15, 0.2) is 36.9 Å². The van der Waals surface area contributed by atoms with Crippen LogP contribution >= 0.6 is 0 Å². The van der Waals surface area contributed by atoms with E-state index in [0.717, 1.165) is 25.3 Å². The summed E-state index contributed by atoms with van der Waals surface area (Å²) in [7, 11) is 2.10. The lowest BCUT2D eigenvalue weighted by Gasteiger charge is -2.39. The predicted molar refractivity (Wildman–Crippen MR) is 74.7 cm³/mol. The molecule has 0 aliphatic carbocycles. The highest BCUT2D eigenvalue weighted by atomic mass is 16.2. The number of benzene rings is 1. The molecule has 18 heavy (non-hydrogen) atoms. The Labute approximate surface area is 109 Å². The molecule has 3 nitrogen and oxygen atoms in total. The molecule has 0 unspecified atom stereocenters. The molecule has 96 valence electrons. The van der Waals surface area contributed by atoms with Gasteiger partial charge in [-0.15, -0.1) is 0 Å². The van der Waals surface area contributed by atoms with E-state index in [9.17, 15) is 4.79 Å². The number of aryl methyl sites for hydroxylation is 1. The van der Waals surface area contributed by atoms with Gasteiger partial charge in [-0.25, -0.2) is 0 Å². The Morgan fingerprint density at radius 2 is 2.06 bits per heavy atom. The van der Waals surface area contributed by atoms with Gasteiger partial charge in [0, 0.05) is 31.2 Å². The van der Waals surface area contributed by atoms with Crippen molar-refractivity contribution >= 4 is 11.6 Å². The first kappa shape index (κ1) is 12.8. The van der Waals surface area contributed by atoms with Crippen LogP contribution in [-0.2, 0) is 4.79 Å². The Morgan fingerprint density at radius 3 is 2.56 bits per heavy atom. The van der Waals surface area contributed by atoms with Crippen molar-refractivity contribution in [1.29, 1.82) is 0 Å². The lowest BCUT2D eigenvalue weighted by Crippen LogP contribution is -2.50. The molecule has 1 aliphatic rings. The molecule has 0 N–H and O–H groups in total. The van der Waals surface area contributed by atoms with Gasteiger partial charge in [-0.3, -0.25) is 4.79 Å². The number of amides is 1. The third-order valence-corrected chi connectivity index (χ3v) is 3.37. The standard InChI is InChI=1S/C15H20N2O/c1-4-15(18)17(11-13-9-16(3)10-13)14-7-5-12(2)6-8-14/h4-8,13H,1,9-11H2,2-3H3. The van der Waals surface area contributed by atoms with E-state index in [0.29, 0.717) is 5.92 Å². The fourth-order valence-electron chi connectivity index (χ4n) is 2.36. The van der Waals surface area contributed by atoms with Crippen LogP contribution in [0.25, 0.3) is 0 Å². The first-order valence-electron chi connectivity index (χ1n) is 6.29. The van der Waals surface area contributed by atoms with E-state index < -0.39 is 0 Å². The Hall–Kier alpha value is -1.61. The van der Waals surface area contributed by atoms with Gasteiger partial charge in [0.1, 0.15) is 0 Å². The molecule has 0 spiro atoms.